The van der Waals surface area contributed by atoms with Crippen molar-refractivity contribution in [2.45, 2.75) is 20.3 Å². The normalized spacial score (nSPS) is 10.0. The van der Waals surface area contributed by atoms with Gasteiger partial charge in [-0.3, -0.25) is 4.79 Å². The van der Waals surface area contributed by atoms with E-state index in [-0.39, 0.29) is 6.61 Å². The second kappa shape index (κ2) is 7.20. The third kappa shape index (κ3) is 3.72. The number of ether oxygens (including phenoxy) is 1. The Balaban J connectivity index is 1.90. The quantitative estimate of drug-likeness (QED) is 0.851. The number of carbonyl (C=O) groups is 2. The van der Waals surface area contributed by atoms with E-state index in [0.29, 0.717) is 15.4 Å². The number of amides is 1. The maximum Gasteiger partial charge on any atom is 0.348 e. The van der Waals surface area contributed by atoms with Crippen LogP contribution in [0.1, 0.15) is 32.6 Å². The lowest BCUT2D eigenvalue weighted by atomic mass is 10.2. The molecule has 0 aliphatic carbocycles. The molecule has 0 saturated carbocycles. The van der Waals surface area contributed by atoms with E-state index >= 15 is 0 Å². The van der Waals surface area contributed by atoms with Crippen LogP contribution in [0.5, 0.6) is 0 Å². The number of hydrogen-bond donors (Lipinski definition) is 1. The number of thiophene rings is 2. The summed E-state index contributed by atoms with van der Waals surface area (Å²) in [5.41, 5.74) is 1.50. The van der Waals surface area contributed by atoms with Crippen LogP contribution in [0.2, 0.25) is 0 Å². The van der Waals surface area contributed by atoms with Gasteiger partial charge in [0, 0.05) is 4.88 Å². The van der Waals surface area contributed by atoms with Crippen molar-refractivity contribution < 1.29 is 14.3 Å². The first-order valence-corrected chi connectivity index (χ1v) is 8.28. The molecule has 2 aromatic rings. The zero-order chi connectivity index (χ0) is 16.1. The third-order valence-corrected chi connectivity index (χ3v) is 4.88. The molecular formula is C15H14N2O3S2. The highest BCUT2D eigenvalue weighted by atomic mass is 32.1. The third-order valence-electron chi connectivity index (χ3n) is 2.98. The first-order chi connectivity index (χ1) is 10.5. The number of esters is 1. The number of anilines is 1. The van der Waals surface area contributed by atoms with Gasteiger partial charge < -0.3 is 10.1 Å². The molecule has 0 aromatic carbocycles. The van der Waals surface area contributed by atoms with Gasteiger partial charge in [0.25, 0.3) is 5.91 Å². The summed E-state index contributed by atoms with van der Waals surface area (Å²) in [7, 11) is 0. The van der Waals surface area contributed by atoms with E-state index in [0.717, 1.165) is 16.9 Å². The molecule has 0 spiro atoms. The lowest BCUT2D eigenvalue weighted by Gasteiger charge is -2.04. The van der Waals surface area contributed by atoms with Gasteiger partial charge in [-0.2, -0.15) is 5.26 Å². The number of hydrogen-bond acceptors (Lipinski definition) is 6. The molecule has 2 rings (SSSR count). The van der Waals surface area contributed by atoms with Crippen molar-refractivity contribution in [1.82, 2.24) is 0 Å². The van der Waals surface area contributed by atoms with Crippen LogP contribution in [-0.4, -0.2) is 18.5 Å². The monoisotopic (exact) mass is 334 g/mol. The lowest BCUT2D eigenvalue weighted by Crippen LogP contribution is -2.20. The fourth-order valence-electron chi connectivity index (χ4n) is 1.83. The van der Waals surface area contributed by atoms with Gasteiger partial charge in [-0.05, 0) is 36.4 Å². The Kier molecular flexibility index (Phi) is 5.31. The molecule has 0 bridgehead atoms. The number of carbonyl (C=O) groups excluding carboxylic acids is 2. The fraction of sp³-hybridized carbons (Fsp3) is 0.267. The Morgan fingerprint density at radius 3 is 2.86 bits per heavy atom. The topological polar surface area (TPSA) is 79.2 Å². The van der Waals surface area contributed by atoms with Crippen LogP contribution >= 0.6 is 22.7 Å². The molecule has 0 saturated heterocycles. The van der Waals surface area contributed by atoms with E-state index in [1.165, 1.54) is 22.7 Å². The number of nitrogens with one attached hydrogen (secondary N) is 1. The fourth-order valence-corrected chi connectivity index (χ4v) is 3.59. The summed E-state index contributed by atoms with van der Waals surface area (Å²) in [6, 6.07) is 5.39. The molecule has 0 atom stereocenters. The molecule has 114 valence electrons. The van der Waals surface area contributed by atoms with E-state index in [1.54, 1.807) is 17.5 Å². The van der Waals surface area contributed by atoms with E-state index in [4.69, 9.17) is 10.00 Å². The summed E-state index contributed by atoms with van der Waals surface area (Å²) in [6.07, 6.45) is 0.853. The highest BCUT2D eigenvalue weighted by Gasteiger charge is 2.15. The van der Waals surface area contributed by atoms with Crippen molar-refractivity contribution in [1.29, 1.82) is 5.26 Å². The van der Waals surface area contributed by atoms with Crippen LogP contribution in [-0.2, 0) is 16.0 Å². The van der Waals surface area contributed by atoms with Gasteiger partial charge in [-0.25, -0.2) is 4.79 Å². The van der Waals surface area contributed by atoms with Crippen LogP contribution in [0.25, 0.3) is 0 Å². The molecule has 2 aromatic heterocycles. The molecule has 0 fully saturated rings. The molecule has 5 nitrogen and oxygen atoms in total. The summed E-state index contributed by atoms with van der Waals surface area (Å²) in [5, 5.41) is 13.6. The standard InChI is InChI=1S/C15H14N2O3S2/c1-3-10-6-12(22-9(10)2)15(19)20-8-13(18)17-14-11(7-16)4-5-21-14/h4-6H,3,8H2,1-2H3,(H,17,18). The van der Waals surface area contributed by atoms with Gasteiger partial charge in [0.15, 0.2) is 6.61 Å². The molecule has 22 heavy (non-hydrogen) atoms. The number of rotatable bonds is 5. The van der Waals surface area contributed by atoms with Gasteiger partial charge in [0.2, 0.25) is 0 Å². The summed E-state index contributed by atoms with van der Waals surface area (Å²) in [6.45, 7) is 3.60. The molecular weight excluding hydrogens is 320 g/mol. The average Bonchev–Trinajstić information content (AvgIpc) is 3.10. The maximum absolute atomic E-state index is 11.9. The van der Waals surface area contributed by atoms with E-state index in [2.05, 4.69) is 5.32 Å². The van der Waals surface area contributed by atoms with Gasteiger partial charge in [0.1, 0.15) is 15.9 Å². The van der Waals surface area contributed by atoms with Crippen molar-refractivity contribution >= 4 is 39.6 Å². The Labute approximate surface area is 136 Å². The number of nitrogens with zero attached hydrogens (tertiary/aromatic N) is 1. The van der Waals surface area contributed by atoms with E-state index < -0.39 is 11.9 Å². The predicted octanol–water partition coefficient (Wildman–Crippen LogP) is 3.35. The molecule has 0 radical (unpaired) electrons. The predicted molar refractivity (Wildman–Crippen MR) is 86.4 cm³/mol. The van der Waals surface area contributed by atoms with Crippen molar-refractivity contribution in [3.8, 4) is 6.07 Å². The Hall–Kier alpha value is -2.17. The maximum atomic E-state index is 11.9. The number of nitriles is 1. The first kappa shape index (κ1) is 16.2. The lowest BCUT2D eigenvalue weighted by molar-refractivity contribution is -0.119. The second-order valence-electron chi connectivity index (χ2n) is 4.45. The van der Waals surface area contributed by atoms with Crippen LogP contribution in [0, 0.1) is 18.3 Å². The molecule has 2 heterocycles. The van der Waals surface area contributed by atoms with Crippen molar-refractivity contribution in [3.05, 3.63) is 38.4 Å². The molecule has 0 aliphatic rings. The van der Waals surface area contributed by atoms with Crippen molar-refractivity contribution in [2.75, 3.05) is 11.9 Å². The van der Waals surface area contributed by atoms with Crippen LogP contribution in [0.3, 0.4) is 0 Å². The van der Waals surface area contributed by atoms with E-state index in [1.807, 2.05) is 19.9 Å². The summed E-state index contributed by atoms with van der Waals surface area (Å²) < 4.78 is 5.01. The SMILES string of the molecule is CCc1cc(C(=O)OCC(=O)Nc2sccc2C#N)sc1C. The van der Waals surface area contributed by atoms with Crippen molar-refractivity contribution in [2.24, 2.45) is 0 Å². The largest absolute Gasteiger partial charge is 0.451 e. The second-order valence-corrected chi connectivity index (χ2v) is 6.62. The Bertz CT molecular complexity index is 740. The minimum Gasteiger partial charge on any atom is -0.451 e. The van der Waals surface area contributed by atoms with Gasteiger partial charge in [0.05, 0.1) is 5.56 Å². The van der Waals surface area contributed by atoms with Gasteiger partial charge in [-0.15, -0.1) is 22.7 Å². The van der Waals surface area contributed by atoms with Crippen LogP contribution < -0.4 is 5.32 Å². The summed E-state index contributed by atoms with van der Waals surface area (Å²) in [5.74, 6) is -0.967. The number of aryl methyl sites for hydroxylation is 2. The smallest absolute Gasteiger partial charge is 0.348 e. The van der Waals surface area contributed by atoms with Crippen molar-refractivity contribution in [3.63, 3.8) is 0 Å². The molecule has 0 unspecified atom stereocenters. The Morgan fingerprint density at radius 2 is 2.23 bits per heavy atom. The van der Waals surface area contributed by atoms with Crippen LogP contribution in [0.4, 0.5) is 5.00 Å². The zero-order valence-corrected chi connectivity index (χ0v) is 13.8. The average molecular weight is 334 g/mol. The first-order valence-electron chi connectivity index (χ1n) is 6.59. The molecule has 0 aliphatic heterocycles. The molecule has 1 N–H and O–H groups in total. The highest BCUT2D eigenvalue weighted by Crippen LogP contribution is 2.23. The van der Waals surface area contributed by atoms with Gasteiger partial charge >= 0.3 is 5.97 Å². The Morgan fingerprint density at radius 1 is 1.45 bits per heavy atom. The summed E-state index contributed by atoms with van der Waals surface area (Å²) >= 11 is 2.61. The minimum absolute atomic E-state index is 0.375. The highest BCUT2D eigenvalue weighted by molar-refractivity contribution is 7.14. The van der Waals surface area contributed by atoms with Crippen LogP contribution in [0.15, 0.2) is 17.5 Å². The van der Waals surface area contributed by atoms with E-state index in [9.17, 15) is 9.59 Å². The molecule has 7 heteroatoms. The molecule has 1 amide bonds. The minimum atomic E-state index is -0.505. The summed E-state index contributed by atoms with van der Waals surface area (Å²) in [4.78, 5) is 25.2. The van der Waals surface area contributed by atoms with Gasteiger partial charge in [-0.1, -0.05) is 6.92 Å². The zero-order valence-electron chi connectivity index (χ0n) is 12.1.